The van der Waals surface area contributed by atoms with Crippen LogP contribution >= 0.6 is 0 Å². The van der Waals surface area contributed by atoms with Crippen molar-refractivity contribution in [2.45, 2.75) is 25.8 Å². The molecule has 0 fully saturated rings. The predicted octanol–water partition coefficient (Wildman–Crippen LogP) is 2.78. The summed E-state index contributed by atoms with van der Waals surface area (Å²) in [5.41, 5.74) is 0.991. The molecule has 0 saturated carbocycles. The Morgan fingerprint density at radius 2 is 1.92 bits per heavy atom. The first kappa shape index (κ1) is 19.4. The van der Waals surface area contributed by atoms with Gasteiger partial charge in [0.05, 0.1) is 19.8 Å². The summed E-state index contributed by atoms with van der Waals surface area (Å²) in [5, 5.41) is 2.92. The van der Waals surface area contributed by atoms with E-state index in [4.69, 9.17) is 9.47 Å². The van der Waals surface area contributed by atoms with E-state index >= 15 is 0 Å². The van der Waals surface area contributed by atoms with Crippen molar-refractivity contribution < 1.29 is 18.7 Å². The van der Waals surface area contributed by atoms with Crippen LogP contribution in [-0.2, 0) is 11.2 Å². The van der Waals surface area contributed by atoms with Crippen LogP contribution in [-0.4, -0.2) is 35.6 Å². The molecule has 0 aliphatic heterocycles. The Morgan fingerprint density at radius 3 is 2.54 bits per heavy atom. The third kappa shape index (κ3) is 5.54. The van der Waals surface area contributed by atoms with E-state index in [-0.39, 0.29) is 17.7 Å². The normalized spacial score (nSPS) is 11.4. The van der Waals surface area contributed by atoms with Crippen LogP contribution < -0.4 is 14.8 Å². The van der Waals surface area contributed by atoms with Crippen LogP contribution in [0.5, 0.6) is 11.9 Å². The fraction of sp³-hybridized carbons (Fsp3) is 0.316. The molecule has 0 saturated heterocycles. The summed E-state index contributed by atoms with van der Waals surface area (Å²) in [6.07, 6.45) is 5.04. The van der Waals surface area contributed by atoms with Gasteiger partial charge in [0.1, 0.15) is 5.82 Å². The number of nitrogens with one attached hydrogen (secondary N) is 1. The van der Waals surface area contributed by atoms with E-state index in [1.807, 2.05) is 13.8 Å². The molecule has 1 aromatic heterocycles. The number of halogens is 1. The molecule has 2 rings (SSSR count). The van der Waals surface area contributed by atoms with Gasteiger partial charge in [-0.25, -0.2) is 9.37 Å². The van der Waals surface area contributed by atoms with Crippen LogP contribution in [0.1, 0.15) is 25.0 Å². The maximum atomic E-state index is 13.0. The Hall–Kier alpha value is -2.96. The lowest BCUT2D eigenvalue weighted by molar-refractivity contribution is -0.117. The number of benzene rings is 1. The standard InChI is InChI=1S/C19H22FN3O3/c1-19(2,11-13-5-8-15(20)9-6-13)23-16(24)10-7-14-12-21-18(26-4)22-17(14)25-3/h5-10,12H,11H2,1-4H3,(H,23,24)/b10-7-. The molecule has 0 bridgehead atoms. The fourth-order valence-corrected chi connectivity index (χ4v) is 2.43. The first-order valence-corrected chi connectivity index (χ1v) is 8.02. The van der Waals surface area contributed by atoms with Gasteiger partial charge in [0.25, 0.3) is 0 Å². The first-order valence-electron chi connectivity index (χ1n) is 8.02. The molecular weight excluding hydrogens is 337 g/mol. The molecule has 1 aromatic carbocycles. The number of aromatic nitrogens is 2. The lowest BCUT2D eigenvalue weighted by Gasteiger charge is -2.25. The molecule has 0 spiro atoms. The topological polar surface area (TPSA) is 73.3 Å². The minimum absolute atomic E-state index is 0.184. The molecule has 1 heterocycles. The molecule has 138 valence electrons. The number of nitrogens with zero attached hydrogens (tertiary/aromatic N) is 2. The highest BCUT2D eigenvalue weighted by molar-refractivity contribution is 5.92. The SMILES string of the molecule is COc1ncc(/C=C\C(=O)NC(C)(C)Cc2ccc(F)cc2)c(OC)n1. The molecule has 0 aliphatic rings. The van der Waals surface area contributed by atoms with Crippen molar-refractivity contribution in [2.75, 3.05) is 14.2 Å². The van der Waals surface area contributed by atoms with Crippen molar-refractivity contribution in [1.82, 2.24) is 15.3 Å². The molecule has 0 radical (unpaired) electrons. The molecular formula is C19H22FN3O3. The maximum Gasteiger partial charge on any atom is 0.319 e. The third-order valence-corrected chi connectivity index (χ3v) is 3.57. The monoisotopic (exact) mass is 359 g/mol. The smallest absolute Gasteiger partial charge is 0.319 e. The van der Waals surface area contributed by atoms with Crippen molar-refractivity contribution in [1.29, 1.82) is 0 Å². The van der Waals surface area contributed by atoms with Gasteiger partial charge in [0.15, 0.2) is 0 Å². The second-order valence-electron chi connectivity index (χ2n) is 6.33. The number of carbonyl (C=O) groups excluding carboxylic acids is 1. The lowest BCUT2D eigenvalue weighted by Crippen LogP contribution is -2.44. The fourth-order valence-electron chi connectivity index (χ4n) is 2.43. The maximum absolute atomic E-state index is 13.0. The summed E-state index contributed by atoms with van der Waals surface area (Å²) in [4.78, 5) is 20.3. The van der Waals surface area contributed by atoms with Gasteiger partial charge in [-0.15, -0.1) is 0 Å². The third-order valence-electron chi connectivity index (χ3n) is 3.57. The quantitative estimate of drug-likeness (QED) is 0.770. The number of hydrogen-bond acceptors (Lipinski definition) is 5. The largest absolute Gasteiger partial charge is 0.480 e. The van der Waals surface area contributed by atoms with Crippen molar-refractivity contribution in [3.63, 3.8) is 0 Å². The van der Waals surface area contributed by atoms with E-state index < -0.39 is 5.54 Å². The van der Waals surface area contributed by atoms with Gasteiger partial charge in [-0.2, -0.15) is 4.98 Å². The second kappa shape index (κ2) is 8.42. The van der Waals surface area contributed by atoms with Gasteiger partial charge < -0.3 is 14.8 Å². The second-order valence-corrected chi connectivity index (χ2v) is 6.33. The summed E-state index contributed by atoms with van der Waals surface area (Å²) >= 11 is 0. The number of carbonyl (C=O) groups is 1. The van der Waals surface area contributed by atoms with E-state index in [1.54, 1.807) is 18.2 Å². The molecule has 0 unspecified atom stereocenters. The van der Waals surface area contributed by atoms with Crippen LogP contribution in [0.4, 0.5) is 4.39 Å². The lowest BCUT2D eigenvalue weighted by atomic mass is 9.95. The van der Waals surface area contributed by atoms with Gasteiger partial charge in [0, 0.05) is 17.8 Å². The molecule has 1 amide bonds. The molecule has 6 nitrogen and oxygen atoms in total. The van der Waals surface area contributed by atoms with Crippen LogP contribution in [0.3, 0.4) is 0 Å². The molecule has 0 atom stereocenters. The average Bonchev–Trinajstić information content (AvgIpc) is 2.61. The Balaban J connectivity index is 2.02. The van der Waals surface area contributed by atoms with E-state index in [0.717, 1.165) is 5.56 Å². The number of methoxy groups -OCH3 is 2. The van der Waals surface area contributed by atoms with Crippen LogP contribution in [0.2, 0.25) is 0 Å². The Labute approximate surface area is 152 Å². The molecule has 7 heteroatoms. The minimum Gasteiger partial charge on any atom is -0.480 e. The van der Waals surface area contributed by atoms with Crippen molar-refractivity contribution in [3.8, 4) is 11.9 Å². The zero-order chi connectivity index (χ0) is 19.2. The van der Waals surface area contributed by atoms with E-state index in [1.165, 1.54) is 38.6 Å². The van der Waals surface area contributed by atoms with E-state index in [2.05, 4.69) is 15.3 Å². The van der Waals surface area contributed by atoms with Crippen LogP contribution in [0.15, 0.2) is 36.5 Å². The zero-order valence-electron chi connectivity index (χ0n) is 15.2. The predicted molar refractivity (Wildman–Crippen MR) is 96.5 cm³/mol. The van der Waals surface area contributed by atoms with Gasteiger partial charge >= 0.3 is 6.01 Å². The number of ether oxygens (including phenoxy) is 2. The first-order chi connectivity index (χ1) is 12.3. The Bertz CT molecular complexity index is 789. The summed E-state index contributed by atoms with van der Waals surface area (Å²) in [6.45, 7) is 3.80. The van der Waals surface area contributed by atoms with Gasteiger partial charge in [0.2, 0.25) is 11.8 Å². The highest BCUT2D eigenvalue weighted by Gasteiger charge is 2.20. The average molecular weight is 359 g/mol. The van der Waals surface area contributed by atoms with Gasteiger partial charge in [-0.3, -0.25) is 4.79 Å². The number of rotatable bonds is 7. The minimum atomic E-state index is -0.500. The highest BCUT2D eigenvalue weighted by Crippen LogP contribution is 2.19. The van der Waals surface area contributed by atoms with Gasteiger partial charge in [-0.05, 0) is 44.0 Å². The van der Waals surface area contributed by atoms with Crippen LogP contribution in [0, 0.1) is 5.82 Å². The van der Waals surface area contributed by atoms with Crippen LogP contribution in [0.25, 0.3) is 6.08 Å². The van der Waals surface area contributed by atoms with Gasteiger partial charge in [-0.1, -0.05) is 12.1 Å². The number of amides is 1. The molecule has 2 aromatic rings. The molecule has 0 aliphatic carbocycles. The van der Waals surface area contributed by atoms with E-state index in [9.17, 15) is 9.18 Å². The Morgan fingerprint density at radius 1 is 1.23 bits per heavy atom. The zero-order valence-corrected chi connectivity index (χ0v) is 15.2. The van der Waals surface area contributed by atoms with E-state index in [0.29, 0.717) is 17.9 Å². The molecule has 1 N–H and O–H groups in total. The summed E-state index contributed by atoms with van der Waals surface area (Å²) in [5.74, 6) is -0.240. The summed E-state index contributed by atoms with van der Waals surface area (Å²) in [6, 6.07) is 6.41. The number of hydrogen-bond donors (Lipinski definition) is 1. The van der Waals surface area contributed by atoms with Crippen molar-refractivity contribution >= 4 is 12.0 Å². The van der Waals surface area contributed by atoms with Crippen molar-refractivity contribution in [2.24, 2.45) is 0 Å². The molecule has 26 heavy (non-hydrogen) atoms. The summed E-state index contributed by atoms with van der Waals surface area (Å²) in [7, 11) is 2.94. The Kier molecular flexibility index (Phi) is 6.27. The summed E-state index contributed by atoms with van der Waals surface area (Å²) < 4.78 is 23.1. The van der Waals surface area contributed by atoms with Crippen molar-refractivity contribution in [3.05, 3.63) is 53.5 Å². The highest BCUT2D eigenvalue weighted by atomic mass is 19.1.